The van der Waals surface area contributed by atoms with Crippen molar-refractivity contribution in [1.29, 1.82) is 0 Å². The average molecular weight is 315 g/mol. The van der Waals surface area contributed by atoms with Crippen LogP contribution in [0.25, 0.3) is 10.9 Å². The third kappa shape index (κ3) is 3.68. The first-order valence-corrected chi connectivity index (χ1v) is 7.70. The number of aromatic amines is 1. The predicted octanol–water partition coefficient (Wildman–Crippen LogP) is 4.34. The number of hydrogen-bond acceptors (Lipinski definition) is 2. The highest BCUT2D eigenvalue weighted by atomic mass is 19.2. The van der Waals surface area contributed by atoms with E-state index in [4.69, 9.17) is 0 Å². The van der Waals surface area contributed by atoms with Crippen LogP contribution in [0.4, 0.5) is 20.2 Å². The maximum absolute atomic E-state index is 13.3. The predicted molar refractivity (Wildman–Crippen MR) is 90.2 cm³/mol. The quantitative estimate of drug-likeness (QED) is 0.592. The first-order valence-electron chi connectivity index (χ1n) is 7.70. The molecule has 0 aliphatic carbocycles. The van der Waals surface area contributed by atoms with Gasteiger partial charge in [-0.1, -0.05) is 6.92 Å². The number of likely N-dealkylation sites (N-methyl/N-ethyl adjacent to an activating group) is 1. The lowest BCUT2D eigenvalue weighted by molar-refractivity contribution is 0.509. The van der Waals surface area contributed by atoms with E-state index in [-0.39, 0.29) is 0 Å². The van der Waals surface area contributed by atoms with Crippen molar-refractivity contribution in [3.05, 3.63) is 59.8 Å². The Morgan fingerprint density at radius 2 is 1.74 bits per heavy atom. The number of hydrogen-bond donors (Lipinski definition) is 3. The first kappa shape index (κ1) is 15.5. The molecule has 3 rings (SSSR count). The minimum absolute atomic E-state index is 0.520. The molecular formula is C18H19F2N3. The molecule has 0 aliphatic heterocycles. The first-order chi connectivity index (χ1) is 11.2. The van der Waals surface area contributed by atoms with Crippen LogP contribution < -0.4 is 10.6 Å². The molecule has 0 atom stereocenters. The number of aromatic nitrogens is 1. The topological polar surface area (TPSA) is 39.8 Å². The van der Waals surface area contributed by atoms with Gasteiger partial charge < -0.3 is 15.6 Å². The van der Waals surface area contributed by atoms with Crippen LogP contribution in [0.2, 0.25) is 0 Å². The van der Waals surface area contributed by atoms with Crippen molar-refractivity contribution < 1.29 is 8.78 Å². The molecule has 0 aliphatic rings. The molecule has 1 heterocycles. The molecule has 0 fully saturated rings. The van der Waals surface area contributed by atoms with Crippen LogP contribution in [0.1, 0.15) is 12.6 Å². The fraction of sp³-hybridized carbons (Fsp3) is 0.222. The van der Waals surface area contributed by atoms with Crippen molar-refractivity contribution in [3.8, 4) is 0 Å². The van der Waals surface area contributed by atoms with Gasteiger partial charge in [0.2, 0.25) is 0 Å². The van der Waals surface area contributed by atoms with E-state index in [1.54, 1.807) is 0 Å². The van der Waals surface area contributed by atoms with Crippen molar-refractivity contribution in [3.63, 3.8) is 0 Å². The summed E-state index contributed by atoms with van der Waals surface area (Å²) in [5, 5.41) is 7.48. The second-order valence-corrected chi connectivity index (χ2v) is 5.45. The van der Waals surface area contributed by atoms with Gasteiger partial charge in [-0.05, 0) is 49.4 Å². The lowest BCUT2D eigenvalue weighted by Gasteiger charge is -2.06. The summed E-state index contributed by atoms with van der Waals surface area (Å²) in [7, 11) is 0. The van der Waals surface area contributed by atoms with Crippen molar-refractivity contribution in [2.75, 3.05) is 18.4 Å². The highest BCUT2D eigenvalue weighted by molar-refractivity contribution is 5.85. The monoisotopic (exact) mass is 315 g/mol. The summed E-state index contributed by atoms with van der Waals surface area (Å²) in [6, 6.07) is 11.8. The van der Waals surface area contributed by atoms with Crippen molar-refractivity contribution in [2.24, 2.45) is 0 Å². The maximum atomic E-state index is 13.3. The van der Waals surface area contributed by atoms with Gasteiger partial charge in [0.25, 0.3) is 0 Å². The number of benzene rings is 2. The molecule has 0 amide bonds. The minimum Gasteiger partial charge on any atom is -0.358 e. The molecule has 2 aromatic carbocycles. The largest absolute Gasteiger partial charge is 0.358 e. The van der Waals surface area contributed by atoms with Gasteiger partial charge in [0.15, 0.2) is 11.6 Å². The molecule has 0 unspecified atom stereocenters. The molecule has 3 aromatic rings. The second kappa shape index (κ2) is 6.79. The fourth-order valence-electron chi connectivity index (χ4n) is 2.55. The zero-order valence-electron chi connectivity index (χ0n) is 12.9. The summed E-state index contributed by atoms with van der Waals surface area (Å²) >= 11 is 0. The summed E-state index contributed by atoms with van der Waals surface area (Å²) < 4.78 is 26.2. The minimum atomic E-state index is -0.858. The van der Waals surface area contributed by atoms with Gasteiger partial charge in [0.1, 0.15) is 0 Å². The van der Waals surface area contributed by atoms with Crippen LogP contribution in [0.15, 0.2) is 42.5 Å². The van der Waals surface area contributed by atoms with E-state index in [0.717, 1.165) is 48.2 Å². The molecule has 5 heteroatoms. The molecular weight excluding hydrogens is 296 g/mol. The molecule has 1 aromatic heterocycles. The zero-order valence-corrected chi connectivity index (χ0v) is 12.9. The van der Waals surface area contributed by atoms with Gasteiger partial charge in [-0.25, -0.2) is 8.78 Å². The summed E-state index contributed by atoms with van der Waals surface area (Å²) in [5.74, 6) is -1.70. The Bertz CT molecular complexity index is 811. The molecule has 120 valence electrons. The Kier molecular flexibility index (Phi) is 4.57. The number of fused-ring (bicyclic) bond motifs is 1. The fourth-order valence-corrected chi connectivity index (χ4v) is 2.55. The highest BCUT2D eigenvalue weighted by Crippen LogP contribution is 2.24. The molecule has 0 saturated carbocycles. The van der Waals surface area contributed by atoms with E-state index in [1.165, 1.54) is 11.8 Å². The number of rotatable bonds is 6. The maximum Gasteiger partial charge on any atom is 0.160 e. The van der Waals surface area contributed by atoms with Gasteiger partial charge in [0.05, 0.1) is 0 Å². The van der Waals surface area contributed by atoms with Crippen molar-refractivity contribution in [1.82, 2.24) is 10.3 Å². The van der Waals surface area contributed by atoms with Crippen LogP contribution in [0, 0.1) is 11.6 Å². The summed E-state index contributed by atoms with van der Waals surface area (Å²) in [4.78, 5) is 3.38. The van der Waals surface area contributed by atoms with E-state index < -0.39 is 11.6 Å². The van der Waals surface area contributed by atoms with E-state index in [2.05, 4.69) is 28.6 Å². The Morgan fingerprint density at radius 1 is 0.957 bits per heavy atom. The Hall–Kier alpha value is -2.40. The number of nitrogens with one attached hydrogen (secondary N) is 3. The third-order valence-corrected chi connectivity index (χ3v) is 3.71. The lowest BCUT2D eigenvalue weighted by atomic mass is 10.2. The van der Waals surface area contributed by atoms with E-state index in [1.807, 2.05) is 18.2 Å². The molecule has 0 bridgehead atoms. The second-order valence-electron chi connectivity index (χ2n) is 5.45. The van der Waals surface area contributed by atoms with Gasteiger partial charge in [-0.15, -0.1) is 0 Å². The standard InChI is InChI=1S/C18H19F2N3/c1-2-21-8-7-15-10-12-9-13(4-6-18(12)23-15)22-14-3-5-16(19)17(20)11-14/h3-6,9-11,21-23H,2,7-8H2,1H3. The SMILES string of the molecule is CCNCCc1cc2cc(Nc3ccc(F)c(F)c3)ccc2[nH]1. The Balaban J connectivity index is 1.77. The van der Waals surface area contributed by atoms with Gasteiger partial charge >= 0.3 is 0 Å². The number of anilines is 2. The van der Waals surface area contributed by atoms with E-state index >= 15 is 0 Å². The van der Waals surface area contributed by atoms with E-state index in [9.17, 15) is 8.78 Å². The smallest absolute Gasteiger partial charge is 0.160 e. The average Bonchev–Trinajstić information content (AvgIpc) is 2.93. The molecule has 23 heavy (non-hydrogen) atoms. The number of halogens is 2. The lowest BCUT2D eigenvalue weighted by Crippen LogP contribution is -2.16. The molecule has 3 nitrogen and oxygen atoms in total. The zero-order chi connectivity index (χ0) is 16.2. The number of H-pyrrole nitrogens is 1. The Morgan fingerprint density at radius 3 is 2.52 bits per heavy atom. The van der Waals surface area contributed by atoms with Gasteiger partial charge in [-0.3, -0.25) is 0 Å². The van der Waals surface area contributed by atoms with Crippen LogP contribution in [0.3, 0.4) is 0 Å². The van der Waals surface area contributed by atoms with Crippen molar-refractivity contribution in [2.45, 2.75) is 13.3 Å². The molecule has 0 spiro atoms. The normalized spacial score (nSPS) is 11.1. The molecule has 0 saturated heterocycles. The van der Waals surface area contributed by atoms with E-state index in [0.29, 0.717) is 5.69 Å². The third-order valence-electron chi connectivity index (χ3n) is 3.71. The van der Waals surface area contributed by atoms with Crippen LogP contribution in [-0.4, -0.2) is 18.1 Å². The van der Waals surface area contributed by atoms with Crippen LogP contribution in [0.5, 0.6) is 0 Å². The van der Waals surface area contributed by atoms with Crippen LogP contribution >= 0.6 is 0 Å². The van der Waals surface area contributed by atoms with Crippen LogP contribution in [-0.2, 0) is 6.42 Å². The highest BCUT2D eigenvalue weighted by Gasteiger charge is 2.05. The summed E-state index contributed by atoms with van der Waals surface area (Å²) in [6.45, 7) is 3.98. The summed E-state index contributed by atoms with van der Waals surface area (Å²) in [5.41, 5.74) is 3.59. The Labute approximate surface area is 133 Å². The molecule has 0 radical (unpaired) electrons. The van der Waals surface area contributed by atoms with Crippen molar-refractivity contribution >= 4 is 22.3 Å². The summed E-state index contributed by atoms with van der Waals surface area (Å²) in [6.07, 6.45) is 0.939. The molecule has 3 N–H and O–H groups in total. The van der Waals surface area contributed by atoms with Gasteiger partial charge in [-0.2, -0.15) is 0 Å². The van der Waals surface area contributed by atoms with Gasteiger partial charge in [0, 0.05) is 40.6 Å².